The van der Waals surface area contributed by atoms with E-state index in [1.54, 1.807) is 25.1 Å². The van der Waals surface area contributed by atoms with Crippen molar-refractivity contribution in [2.75, 3.05) is 12.4 Å². The summed E-state index contributed by atoms with van der Waals surface area (Å²) in [6.45, 7) is 1.90. The maximum Gasteiger partial charge on any atom is 0.335 e. The summed E-state index contributed by atoms with van der Waals surface area (Å²) >= 11 is 1.49. The van der Waals surface area contributed by atoms with Gasteiger partial charge >= 0.3 is 6.03 Å². The fourth-order valence-electron chi connectivity index (χ4n) is 2.34. The summed E-state index contributed by atoms with van der Waals surface area (Å²) in [7, 11) is -2.78. The monoisotopic (exact) mass is 434 g/mol. The molecule has 0 radical (unpaired) electrons. The highest BCUT2D eigenvalue weighted by Crippen LogP contribution is 2.25. The van der Waals surface area contributed by atoms with E-state index in [9.17, 15) is 13.2 Å². The summed E-state index contributed by atoms with van der Waals surface area (Å²) in [4.78, 5) is 21.0. The molecule has 0 unspecified atom stereocenters. The van der Waals surface area contributed by atoms with Crippen molar-refractivity contribution in [3.63, 3.8) is 0 Å². The van der Waals surface area contributed by atoms with Crippen LogP contribution in [-0.4, -0.2) is 31.5 Å². The highest BCUT2D eigenvalue weighted by Gasteiger charge is 2.22. The normalized spacial score (nSPS) is 11.0. The zero-order valence-corrected chi connectivity index (χ0v) is 17.2. The number of carbonyl (C=O) groups is 1. The Balaban J connectivity index is 1.74. The molecule has 0 aliphatic carbocycles. The second-order valence-corrected chi connectivity index (χ2v) is 8.43. The number of carbonyl (C=O) groups excluding carboxylic acids is 1. The molecular formula is C18H18N4O5S2. The number of anilines is 1. The number of nitrogens with zero attached hydrogens (tertiary/aromatic N) is 2. The van der Waals surface area contributed by atoms with E-state index in [4.69, 9.17) is 9.47 Å². The van der Waals surface area contributed by atoms with Gasteiger partial charge in [-0.2, -0.15) is 4.98 Å². The van der Waals surface area contributed by atoms with Crippen LogP contribution in [0.2, 0.25) is 0 Å². The fraction of sp³-hybridized carbons (Fsp3) is 0.167. The second-order valence-electron chi connectivity index (χ2n) is 5.75. The van der Waals surface area contributed by atoms with Crippen molar-refractivity contribution in [2.24, 2.45) is 0 Å². The van der Waals surface area contributed by atoms with Crippen molar-refractivity contribution in [3.8, 4) is 11.6 Å². The maximum absolute atomic E-state index is 12.7. The van der Waals surface area contributed by atoms with Crippen LogP contribution in [0, 0.1) is 6.92 Å². The minimum atomic E-state index is -4.20. The van der Waals surface area contributed by atoms with Gasteiger partial charge < -0.3 is 9.47 Å². The third-order valence-corrected chi connectivity index (χ3v) is 5.80. The molecule has 2 aromatic heterocycles. The molecule has 0 atom stereocenters. The van der Waals surface area contributed by atoms with Crippen molar-refractivity contribution in [2.45, 2.75) is 18.4 Å². The van der Waals surface area contributed by atoms with Crippen molar-refractivity contribution >= 4 is 33.3 Å². The van der Waals surface area contributed by atoms with E-state index in [1.165, 1.54) is 30.6 Å². The van der Waals surface area contributed by atoms with Crippen molar-refractivity contribution in [1.82, 2.24) is 14.7 Å². The molecule has 0 saturated heterocycles. The van der Waals surface area contributed by atoms with Crippen LogP contribution in [0.4, 0.5) is 10.7 Å². The lowest BCUT2D eigenvalue weighted by Crippen LogP contribution is -2.35. The van der Waals surface area contributed by atoms with Crippen LogP contribution in [0.5, 0.6) is 11.6 Å². The van der Waals surface area contributed by atoms with Gasteiger partial charge in [-0.05, 0) is 30.5 Å². The van der Waals surface area contributed by atoms with Crippen LogP contribution >= 0.6 is 11.3 Å². The van der Waals surface area contributed by atoms with Crippen LogP contribution in [0.15, 0.2) is 52.7 Å². The van der Waals surface area contributed by atoms with E-state index < -0.39 is 16.1 Å². The van der Waals surface area contributed by atoms with E-state index in [0.717, 1.165) is 4.88 Å². The fourth-order valence-corrected chi connectivity index (χ4v) is 4.01. The third-order valence-electron chi connectivity index (χ3n) is 3.58. The predicted molar refractivity (Wildman–Crippen MR) is 108 cm³/mol. The number of aromatic nitrogens is 2. The first-order valence-corrected chi connectivity index (χ1v) is 10.7. The number of hydrogen-bond acceptors (Lipinski definition) is 8. The number of ether oxygens (including phenoxy) is 2. The van der Waals surface area contributed by atoms with Gasteiger partial charge in [0, 0.05) is 16.6 Å². The molecule has 0 fully saturated rings. The quantitative estimate of drug-likeness (QED) is 0.587. The minimum absolute atomic E-state index is 0.0863. The predicted octanol–water partition coefficient (Wildman–Crippen LogP) is 2.94. The Morgan fingerprint density at radius 1 is 1.17 bits per heavy atom. The highest BCUT2D eigenvalue weighted by molar-refractivity contribution is 7.90. The zero-order chi connectivity index (χ0) is 20.9. The number of urea groups is 1. The Morgan fingerprint density at radius 2 is 1.97 bits per heavy atom. The van der Waals surface area contributed by atoms with Crippen molar-refractivity contribution in [3.05, 3.63) is 58.4 Å². The summed E-state index contributed by atoms with van der Waals surface area (Å²) in [6, 6.07) is 10.4. The number of hydrogen-bond donors (Lipinski definition) is 2. The van der Waals surface area contributed by atoms with Gasteiger partial charge in [0.2, 0.25) is 11.8 Å². The van der Waals surface area contributed by atoms with Gasteiger partial charge in [0.05, 0.1) is 7.11 Å². The van der Waals surface area contributed by atoms with E-state index in [-0.39, 0.29) is 29.1 Å². The topological polar surface area (TPSA) is 120 Å². The van der Waals surface area contributed by atoms with Crippen LogP contribution in [0.1, 0.15) is 10.6 Å². The van der Waals surface area contributed by atoms with E-state index in [2.05, 4.69) is 15.3 Å². The largest absolute Gasteiger partial charge is 0.487 e. The molecule has 0 aliphatic heterocycles. The lowest BCUT2D eigenvalue weighted by molar-refractivity contribution is 0.256. The molecule has 3 aromatic rings. The Bertz CT molecular complexity index is 1100. The van der Waals surface area contributed by atoms with E-state index in [1.807, 2.05) is 22.2 Å². The molecule has 2 amide bonds. The Hall–Kier alpha value is -3.18. The zero-order valence-electron chi connectivity index (χ0n) is 15.6. The number of thiophene rings is 1. The first-order chi connectivity index (χ1) is 13.9. The molecule has 0 aliphatic rings. The van der Waals surface area contributed by atoms with Gasteiger partial charge in [0.15, 0.2) is 0 Å². The molecule has 29 heavy (non-hydrogen) atoms. The summed E-state index contributed by atoms with van der Waals surface area (Å²) in [5, 5.41) is 4.19. The van der Waals surface area contributed by atoms with Gasteiger partial charge in [0.25, 0.3) is 10.0 Å². The molecule has 9 nitrogen and oxygen atoms in total. The van der Waals surface area contributed by atoms with Crippen molar-refractivity contribution in [1.29, 1.82) is 0 Å². The summed E-state index contributed by atoms with van der Waals surface area (Å²) in [6.07, 6.45) is 0. The third kappa shape index (κ3) is 5.42. The van der Waals surface area contributed by atoms with Crippen LogP contribution in [-0.2, 0) is 16.6 Å². The SMILES string of the molecule is COc1cc(C)nc(NC(=O)NS(=O)(=O)c2ccccc2OCc2cccs2)n1. The maximum atomic E-state index is 12.7. The molecule has 2 N–H and O–H groups in total. The number of benzene rings is 1. The van der Waals surface area contributed by atoms with Gasteiger partial charge in [-0.1, -0.05) is 18.2 Å². The van der Waals surface area contributed by atoms with Crippen LogP contribution in [0.25, 0.3) is 0 Å². The molecule has 1 aromatic carbocycles. The van der Waals surface area contributed by atoms with Crippen molar-refractivity contribution < 1.29 is 22.7 Å². The Kier molecular flexibility index (Phi) is 6.29. The first-order valence-electron chi connectivity index (χ1n) is 8.35. The molecule has 0 saturated carbocycles. The summed E-state index contributed by atoms with van der Waals surface area (Å²) in [5.74, 6) is 0.287. The minimum Gasteiger partial charge on any atom is -0.487 e. The van der Waals surface area contributed by atoms with Gasteiger partial charge in [-0.25, -0.2) is 22.9 Å². The molecule has 2 heterocycles. The molecular weight excluding hydrogens is 416 g/mol. The number of methoxy groups -OCH3 is 1. The smallest absolute Gasteiger partial charge is 0.335 e. The summed E-state index contributed by atoms with van der Waals surface area (Å²) < 4.78 is 38.0. The Morgan fingerprint density at radius 3 is 2.69 bits per heavy atom. The van der Waals surface area contributed by atoms with Crippen LogP contribution < -0.4 is 19.5 Å². The number of rotatable bonds is 7. The van der Waals surface area contributed by atoms with Gasteiger partial charge in [0.1, 0.15) is 17.3 Å². The molecule has 3 rings (SSSR count). The molecule has 0 spiro atoms. The number of amides is 2. The van der Waals surface area contributed by atoms with Gasteiger partial charge in [-0.3, -0.25) is 5.32 Å². The standard InChI is InChI=1S/C18H18N4O5S2/c1-12-10-16(26-2)20-17(19-12)21-18(23)22-29(24,25)15-8-4-3-7-14(15)27-11-13-6-5-9-28-13/h3-10H,11H2,1-2H3,(H2,19,20,21,22,23). The highest BCUT2D eigenvalue weighted by atomic mass is 32.2. The Labute approximate surface area is 171 Å². The molecule has 11 heteroatoms. The second kappa shape index (κ2) is 8.88. The van der Waals surface area contributed by atoms with Crippen LogP contribution in [0.3, 0.4) is 0 Å². The molecule has 152 valence electrons. The van der Waals surface area contributed by atoms with E-state index in [0.29, 0.717) is 5.69 Å². The number of nitrogens with one attached hydrogen (secondary N) is 2. The first kappa shape index (κ1) is 20.6. The number of para-hydroxylation sites is 1. The average molecular weight is 434 g/mol. The van der Waals surface area contributed by atoms with Gasteiger partial charge in [-0.15, -0.1) is 11.3 Å². The molecule has 0 bridgehead atoms. The average Bonchev–Trinajstić information content (AvgIpc) is 3.19. The lowest BCUT2D eigenvalue weighted by atomic mass is 10.3. The van der Waals surface area contributed by atoms with E-state index >= 15 is 0 Å². The summed E-state index contributed by atoms with van der Waals surface area (Å²) in [5.41, 5.74) is 0.544. The number of sulfonamides is 1. The number of aryl methyl sites for hydroxylation is 1. The lowest BCUT2D eigenvalue weighted by Gasteiger charge is -2.12.